The third-order valence-corrected chi connectivity index (χ3v) is 6.31. The van der Waals surface area contributed by atoms with E-state index in [1.807, 2.05) is 24.3 Å². The van der Waals surface area contributed by atoms with Crippen LogP contribution in [0.3, 0.4) is 0 Å². The van der Waals surface area contributed by atoms with E-state index in [2.05, 4.69) is 29.9 Å². The molecule has 2 aromatic rings. The number of rotatable bonds is 1. The Hall–Kier alpha value is -2.53. The third kappa shape index (κ3) is 3.04. The van der Waals surface area contributed by atoms with Crippen LogP contribution in [0.5, 0.6) is 0 Å². The summed E-state index contributed by atoms with van der Waals surface area (Å²) in [6.07, 6.45) is 11.3. The maximum Gasteiger partial charge on any atom is 0.334 e. The molecule has 0 spiro atoms. The summed E-state index contributed by atoms with van der Waals surface area (Å²) < 4.78 is 11.9. The summed E-state index contributed by atoms with van der Waals surface area (Å²) in [6, 6.07) is 5.89. The largest absolute Gasteiger partial charge is 0.455 e. The number of epoxide rings is 1. The second-order valence-electron chi connectivity index (χ2n) is 8.36. The number of carbonyl (C=O) groups is 1. The molecule has 28 heavy (non-hydrogen) atoms. The van der Waals surface area contributed by atoms with Gasteiger partial charge >= 0.3 is 5.97 Å². The molecule has 1 aromatic carbocycles. The Labute approximate surface area is 164 Å². The summed E-state index contributed by atoms with van der Waals surface area (Å²) in [6.45, 7) is 4.31. The number of hydrogen-bond acceptors (Lipinski definition) is 5. The maximum atomic E-state index is 12.8. The Kier molecular flexibility index (Phi) is 4.09. The molecule has 2 fully saturated rings. The van der Waals surface area contributed by atoms with Crippen molar-refractivity contribution >= 4 is 23.1 Å². The second kappa shape index (κ2) is 6.52. The van der Waals surface area contributed by atoms with Crippen LogP contribution in [0.4, 0.5) is 0 Å². The van der Waals surface area contributed by atoms with Crippen molar-refractivity contribution in [1.82, 2.24) is 9.97 Å². The number of allylic oxidation sites excluding steroid dienone is 2. The first-order chi connectivity index (χ1) is 13.5. The summed E-state index contributed by atoms with van der Waals surface area (Å²) in [5, 5.41) is 0. The first kappa shape index (κ1) is 17.6. The van der Waals surface area contributed by atoms with Gasteiger partial charge in [-0.05, 0) is 63.3 Å². The Morgan fingerprint density at radius 2 is 2.04 bits per heavy atom. The molecule has 0 saturated carbocycles. The van der Waals surface area contributed by atoms with Crippen LogP contribution in [0.25, 0.3) is 17.1 Å². The van der Waals surface area contributed by atoms with Gasteiger partial charge in [0, 0.05) is 23.9 Å². The Balaban J connectivity index is 1.51. The molecule has 4 atom stereocenters. The summed E-state index contributed by atoms with van der Waals surface area (Å²) in [4.78, 5) is 21.4. The quantitative estimate of drug-likeness (QED) is 0.322. The van der Waals surface area contributed by atoms with Crippen LogP contribution in [0, 0.1) is 5.92 Å². The molecule has 0 radical (unpaired) electrons. The highest BCUT2D eigenvalue weighted by atomic mass is 16.6. The number of ether oxygens (including phenoxy) is 2. The zero-order chi connectivity index (χ0) is 19.3. The van der Waals surface area contributed by atoms with Crippen molar-refractivity contribution in [3.8, 4) is 0 Å². The first-order valence-electron chi connectivity index (χ1n) is 10.0. The van der Waals surface area contributed by atoms with Crippen molar-refractivity contribution in [3.05, 3.63) is 53.4 Å². The molecule has 3 aliphatic rings. The van der Waals surface area contributed by atoms with Crippen LogP contribution in [-0.2, 0) is 14.3 Å². The SMILES string of the molecule is C/C1=C\CC[C@@]2(C)O[C@H]2[C@H]2OC(=O)/C(=C\c3ccc4nccnc4c3)[C@@H]2CC1. The summed E-state index contributed by atoms with van der Waals surface area (Å²) in [5.41, 5.74) is 4.57. The lowest BCUT2D eigenvalue weighted by Gasteiger charge is -2.19. The number of benzene rings is 1. The van der Waals surface area contributed by atoms with Gasteiger partial charge in [0.25, 0.3) is 0 Å². The molecule has 144 valence electrons. The standard InChI is InChI=1S/C23H24N2O3/c1-14-4-3-9-23(2)21(28-23)20-16(7-5-14)17(22(26)27-20)12-15-6-8-18-19(13-15)25-11-10-24-18/h4,6,8,10-13,16,20-21H,3,5,7,9H2,1-2H3/b14-4+,17-12-/t16-,20-,21-,23+/m0/s1. The molecule has 0 bridgehead atoms. The van der Waals surface area contributed by atoms with E-state index in [1.165, 1.54) is 5.57 Å². The number of carbonyl (C=O) groups excluding carboxylic acids is 1. The van der Waals surface area contributed by atoms with Crippen LogP contribution < -0.4 is 0 Å². The monoisotopic (exact) mass is 376 g/mol. The smallest absolute Gasteiger partial charge is 0.334 e. The molecule has 5 heteroatoms. The van der Waals surface area contributed by atoms with Crippen molar-refractivity contribution in [2.75, 3.05) is 0 Å². The molecular weight excluding hydrogens is 352 g/mol. The molecule has 1 aliphatic carbocycles. The molecule has 0 unspecified atom stereocenters. The number of hydrogen-bond donors (Lipinski definition) is 0. The average Bonchev–Trinajstić information content (AvgIpc) is 3.26. The van der Waals surface area contributed by atoms with E-state index in [-0.39, 0.29) is 29.7 Å². The molecule has 0 N–H and O–H groups in total. The van der Waals surface area contributed by atoms with Gasteiger partial charge < -0.3 is 9.47 Å². The highest BCUT2D eigenvalue weighted by molar-refractivity contribution is 5.97. The van der Waals surface area contributed by atoms with Crippen LogP contribution in [0.15, 0.2) is 47.8 Å². The summed E-state index contributed by atoms with van der Waals surface area (Å²) in [5.74, 6) is -0.161. The lowest BCUT2D eigenvalue weighted by atomic mass is 9.83. The van der Waals surface area contributed by atoms with E-state index >= 15 is 0 Å². The van der Waals surface area contributed by atoms with E-state index in [9.17, 15) is 4.79 Å². The van der Waals surface area contributed by atoms with Crippen molar-refractivity contribution in [2.24, 2.45) is 5.92 Å². The van der Waals surface area contributed by atoms with Crippen LogP contribution >= 0.6 is 0 Å². The summed E-state index contributed by atoms with van der Waals surface area (Å²) >= 11 is 0. The van der Waals surface area contributed by atoms with E-state index < -0.39 is 0 Å². The fourth-order valence-electron chi connectivity index (χ4n) is 4.57. The van der Waals surface area contributed by atoms with Crippen molar-refractivity contribution in [2.45, 2.75) is 57.3 Å². The van der Waals surface area contributed by atoms with Gasteiger partial charge in [-0.15, -0.1) is 0 Å². The number of nitrogens with zero attached hydrogens (tertiary/aromatic N) is 2. The normalized spacial score (nSPS) is 35.6. The van der Waals surface area contributed by atoms with E-state index in [4.69, 9.17) is 9.47 Å². The molecule has 5 rings (SSSR count). The van der Waals surface area contributed by atoms with Crippen molar-refractivity contribution in [1.29, 1.82) is 0 Å². The molecule has 5 nitrogen and oxygen atoms in total. The van der Waals surface area contributed by atoms with Crippen molar-refractivity contribution in [3.63, 3.8) is 0 Å². The lowest BCUT2D eigenvalue weighted by Crippen LogP contribution is -2.28. The predicted octanol–water partition coefficient (Wildman–Crippen LogP) is 4.23. The van der Waals surface area contributed by atoms with Crippen LogP contribution in [0.2, 0.25) is 0 Å². The zero-order valence-electron chi connectivity index (χ0n) is 16.2. The van der Waals surface area contributed by atoms with Gasteiger partial charge in [-0.1, -0.05) is 17.7 Å². The second-order valence-corrected chi connectivity index (χ2v) is 8.36. The van der Waals surface area contributed by atoms with Gasteiger partial charge in [-0.2, -0.15) is 0 Å². The molecule has 0 amide bonds. The maximum absolute atomic E-state index is 12.8. The van der Waals surface area contributed by atoms with Crippen molar-refractivity contribution < 1.29 is 14.3 Å². The average molecular weight is 376 g/mol. The highest BCUT2D eigenvalue weighted by Crippen LogP contribution is 2.50. The van der Waals surface area contributed by atoms with Crippen LogP contribution in [0.1, 0.15) is 45.1 Å². The molecular formula is C23H24N2O3. The minimum Gasteiger partial charge on any atom is -0.455 e. The number of aromatic nitrogens is 2. The van der Waals surface area contributed by atoms with Crippen LogP contribution in [-0.4, -0.2) is 33.7 Å². The van der Waals surface area contributed by atoms with E-state index in [1.54, 1.807) is 12.4 Å². The van der Waals surface area contributed by atoms with Gasteiger partial charge in [0.05, 0.1) is 16.6 Å². The van der Waals surface area contributed by atoms with Gasteiger partial charge in [0.1, 0.15) is 12.2 Å². The fraction of sp³-hybridized carbons (Fsp3) is 0.435. The predicted molar refractivity (Wildman–Crippen MR) is 106 cm³/mol. The van der Waals surface area contributed by atoms with Gasteiger partial charge in [-0.25, -0.2) is 4.79 Å². The molecule has 1 aromatic heterocycles. The molecule has 3 heterocycles. The Morgan fingerprint density at radius 1 is 1.21 bits per heavy atom. The Bertz CT molecular complexity index is 1010. The first-order valence-corrected chi connectivity index (χ1v) is 10.0. The minimum atomic E-state index is -0.215. The molecule has 2 aliphatic heterocycles. The highest BCUT2D eigenvalue weighted by Gasteiger charge is 2.61. The Morgan fingerprint density at radius 3 is 2.89 bits per heavy atom. The van der Waals surface area contributed by atoms with E-state index in [0.717, 1.165) is 47.9 Å². The minimum absolute atomic E-state index is 0.00151. The fourth-order valence-corrected chi connectivity index (χ4v) is 4.57. The van der Waals surface area contributed by atoms with E-state index in [0.29, 0.717) is 0 Å². The lowest BCUT2D eigenvalue weighted by molar-refractivity contribution is -0.139. The summed E-state index contributed by atoms with van der Waals surface area (Å²) in [7, 11) is 0. The number of esters is 1. The van der Waals surface area contributed by atoms with Gasteiger partial charge in [0.15, 0.2) is 0 Å². The van der Waals surface area contributed by atoms with Gasteiger partial charge in [-0.3, -0.25) is 9.97 Å². The van der Waals surface area contributed by atoms with Gasteiger partial charge in [0.2, 0.25) is 0 Å². The topological polar surface area (TPSA) is 64.6 Å². The zero-order valence-corrected chi connectivity index (χ0v) is 16.2. The number of fused-ring (bicyclic) bond motifs is 4. The molecule has 2 saturated heterocycles. The third-order valence-electron chi connectivity index (χ3n) is 6.31.